The van der Waals surface area contributed by atoms with Gasteiger partial charge in [0.25, 0.3) is 0 Å². The van der Waals surface area contributed by atoms with Crippen LogP contribution in [0.1, 0.15) is 82.8 Å². The Morgan fingerprint density at radius 1 is 0.293 bits per heavy atom. The number of rotatable bonds is 10. The second-order valence-electron chi connectivity index (χ2n) is 31.8. The zero-order valence-electron chi connectivity index (χ0n) is 85.6. The van der Waals surface area contributed by atoms with Crippen molar-refractivity contribution in [2.45, 2.75) is 52.4 Å². The van der Waals surface area contributed by atoms with Gasteiger partial charge in [-0.15, -0.1) is 0 Å². The maximum absolute atomic E-state index is 12.2. The van der Waals surface area contributed by atoms with Gasteiger partial charge < -0.3 is 4.57 Å². The average molecular weight is 1640 g/mol. The Morgan fingerprint density at radius 2 is 0.681 bits per heavy atom. The van der Waals surface area contributed by atoms with E-state index in [2.05, 4.69) is 113 Å². The topological polar surface area (TPSA) is 21.3 Å². The number of hydrogen-bond donors (Lipinski definition) is 0. The molecule has 5 aromatic heterocycles. The predicted octanol–water partition coefficient (Wildman–Crippen LogP) is 26.4. The van der Waals surface area contributed by atoms with Crippen LogP contribution in [0.5, 0.6) is 0 Å². The zero-order valence-corrected chi connectivity index (χ0v) is 67.0. The summed E-state index contributed by atoms with van der Waals surface area (Å²) in [5.41, 5.74) is 10.0. The Bertz CT molecular complexity index is 8460. The molecular formula is C108H78BN5Se2. The van der Waals surface area contributed by atoms with Gasteiger partial charge in [0.15, 0.2) is 0 Å². The molecule has 2 aliphatic rings. The maximum atomic E-state index is 12.2. The van der Waals surface area contributed by atoms with Crippen LogP contribution in [0.15, 0.2) is 363 Å². The van der Waals surface area contributed by atoms with Crippen molar-refractivity contribution < 1.29 is 30.2 Å². The van der Waals surface area contributed by atoms with Crippen molar-refractivity contribution in [3.63, 3.8) is 0 Å². The Morgan fingerprint density at radius 3 is 1.12 bits per heavy atom. The van der Waals surface area contributed by atoms with E-state index in [-0.39, 0.29) is 106 Å². The van der Waals surface area contributed by atoms with E-state index in [9.17, 15) is 27.4 Å². The molecule has 0 saturated heterocycles. The summed E-state index contributed by atoms with van der Waals surface area (Å²) in [5, 5.41) is 1.54. The molecule has 2 aliphatic heterocycles. The van der Waals surface area contributed by atoms with E-state index >= 15 is 0 Å². The Kier molecular flexibility index (Phi) is 11.3. The summed E-state index contributed by atoms with van der Waals surface area (Å²) in [7, 11) is 0. The van der Waals surface area contributed by atoms with Gasteiger partial charge in [-0.25, -0.2) is 0 Å². The normalized spacial score (nSPS) is 15.5. The molecule has 0 fully saturated rings. The van der Waals surface area contributed by atoms with Gasteiger partial charge in [-0.1, -0.05) is 36.4 Å². The quantitative estimate of drug-likeness (QED) is 0.127. The molecule has 0 aliphatic carbocycles. The second kappa shape index (κ2) is 26.3. The first-order valence-electron chi connectivity index (χ1n) is 49.6. The van der Waals surface area contributed by atoms with E-state index in [1.54, 1.807) is 0 Å². The molecule has 550 valence electrons. The van der Waals surface area contributed by atoms with E-state index in [1.807, 2.05) is 174 Å². The van der Waals surface area contributed by atoms with Crippen molar-refractivity contribution in [2.75, 3.05) is 9.80 Å². The van der Waals surface area contributed by atoms with Crippen LogP contribution in [0.3, 0.4) is 0 Å². The molecule has 21 aromatic rings. The molecule has 8 heteroatoms. The first kappa shape index (κ1) is 49.7. The molecular weight excluding hydrogens is 1540 g/mol. The predicted molar refractivity (Wildman–Crippen MR) is 497 cm³/mol. The molecule has 23 rings (SSSR count). The number of hydrogen-bond acceptors (Lipinski definition) is 2. The third kappa shape index (κ3) is 10.6. The van der Waals surface area contributed by atoms with Gasteiger partial charge >= 0.3 is 641 Å². The van der Waals surface area contributed by atoms with Crippen molar-refractivity contribution in [2.24, 2.45) is 0 Å². The first-order valence-corrected chi connectivity index (χ1v) is 42.0. The van der Waals surface area contributed by atoms with Gasteiger partial charge in [0.1, 0.15) is 0 Å². The van der Waals surface area contributed by atoms with Crippen LogP contribution in [0, 0.1) is 0 Å². The minimum atomic E-state index is -1.64. The molecule has 16 aromatic carbocycles. The zero-order chi connectivity index (χ0) is 96.5. The number of anilines is 6. The van der Waals surface area contributed by atoms with Gasteiger partial charge in [-0.05, 0) is 18.2 Å². The summed E-state index contributed by atoms with van der Waals surface area (Å²) >= 11 is -2.50. The Hall–Kier alpha value is -12.9. The van der Waals surface area contributed by atoms with Crippen molar-refractivity contribution >= 4 is 169 Å². The Balaban J connectivity index is 0.987. The fraction of sp³-hybridized carbons (Fsp3) is 0.0741. The van der Waals surface area contributed by atoms with E-state index in [1.165, 1.54) is 9.13 Å². The first-order chi connectivity index (χ1) is 66.0. The van der Waals surface area contributed by atoms with Crippen LogP contribution in [0.2, 0.25) is 0 Å². The van der Waals surface area contributed by atoms with Crippen molar-refractivity contribution in [3.05, 3.63) is 375 Å². The van der Waals surface area contributed by atoms with Crippen LogP contribution >= 0.6 is 0 Å². The van der Waals surface area contributed by atoms with Gasteiger partial charge in [0, 0.05) is 11.1 Å². The fourth-order valence-electron chi connectivity index (χ4n) is 17.7. The average Bonchev–Trinajstić information content (AvgIpc) is 0.973. The minimum absolute atomic E-state index is 0.0126. The van der Waals surface area contributed by atoms with Crippen molar-refractivity contribution in [3.8, 4) is 72.7 Å². The summed E-state index contributed by atoms with van der Waals surface area (Å²) in [5.74, 6) is 0. The summed E-state index contributed by atoms with van der Waals surface area (Å²) in [4.78, 5) is 3.96. The van der Waals surface area contributed by atoms with Crippen LogP contribution in [-0.2, 0) is 10.8 Å². The standard InChI is InChI=1S/C108H78BN5Se2/c1-107(2,3)73-61-83(67-32-12-7-13-33-67)103(84(62-73)68-34-14-8-15-35-68)113-94-65-76(111-91-48-28-23-43-79(91)100-81-45-25-30-50-98(81)115-105(100)111)53-55-88(94)109-89-56-54-77(112-92-49-29-24-44-80(92)101-82-46-26-31-51-99(82)116-106(101)112)66-95(89)114(104-85(69-36-16-9-17-37-69)63-74(108(4,5)6)64-86(104)70-38-18-10-19-39-70)97-60-72(59-96(113)102(97)109)71-52-57-93-87(58-71)78-42-22-27-47-90(78)110(93)75-40-20-11-21-41-75/h7-66H,1-6H3/i23D,24D,25D,26D,28D,29D,30D,31D,43D,44D,45D,46D,48D,49D,50D,51D,53D,54D,55D,56D,65D,66D. The number of nitrogens with zero attached hydrogens (tertiary/aromatic N) is 5. The van der Waals surface area contributed by atoms with Crippen LogP contribution in [0.25, 0.3) is 155 Å². The van der Waals surface area contributed by atoms with Gasteiger partial charge in [-0.3, -0.25) is 0 Å². The Labute approximate surface area is 718 Å². The SMILES string of the molecule is [2H]c1c([2H])c(-n2c3[se]c4c([2H])c([2H])c([2H])c([2H])c4c3c3c([2H])c([2H])c([2H])c([2H])c32)c([2H])c2c1B1c3c(cc(-c4ccc5c(c4)c4ccccc4n5-c4ccccc4)cc3N(c3c(-c4ccccc4)cc(C(C)(C)C)cc3-c3ccccc3)c3c([2H])c(-n4c5[se]c6c([2H])c([2H])c([2H])c([2H])c6c5c5c([2H])c([2H])c([2H])c([2H])c54)c([2H])c([2H])c31)N2c1c(-c2ccccc2)cc(C(C)(C)C)cc1-c1ccccc1. The monoisotopic (exact) mass is 1640 g/mol. The van der Waals surface area contributed by atoms with Gasteiger partial charge in [0.2, 0.25) is 0 Å². The van der Waals surface area contributed by atoms with Gasteiger partial charge in [0.05, 0.1) is 11.0 Å². The van der Waals surface area contributed by atoms with Crippen LogP contribution in [-0.4, -0.2) is 49.4 Å². The third-order valence-electron chi connectivity index (χ3n) is 23.1. The summed E-state index contributed by atoms with van der Waals surface area (Å²) in [6.07, 6.45) is 0. The van der Waals surface area contributed by atoms with E-state index < -0.39 is 167 Å². The van der Waals surface area contributed by atoms with Crippen LogP contribution in [0.4, 0.5) is 34.1 Å². The molecule has 0 saturated carbocycles. The number of benzene rings is 16. The molecule has 5 nitrogen and oxygen atoms in total. The molecule has 0 atom stereocenters. The van der Waals surface area contributed by atoms with E-state index in [0.717, 1.165) is 38.6 Å². The molecule has 0 radical (unpaired) electrons. The number of fused-ring (bicyclic) bond motifs is 17. The number of para-hydroxylation sites is 4. The summed E-state index contributed by atoms with van der Waals surface area (Å²) in [6, 6.07) is 63.8. The molecule has 7 heterocycles. The molecule has 116 heavy (non-hydrogen) atoms. The van der Waals surface area contributed by atoms with Gasteiger partial charge in [-0.2, -0.15) is 0 Å². The molecule has 0 unspecified atom stereocenters. The molecule has 0 amide bonds. The summed E-state index contributed by atoms with van der Waals surface area (Å²) < 4.78 is 230. The third-order valence-corrected chi connectivity index (χ3v) is 27.6. The second-order valence-corrected chi connectivity index (χ2v) is 36.0. The fourth-order valence-corrected chi connectivity index (χ4v) is 22.4. The van der Waals surface area contributed by atoms with E-state index in [4.69, 9.17) is 2.74 Å². The molecule has 0 spiro atoms. The van der Waals surface area contributed by atoms with Crippen molar-refractivity contribution in [1.82, 2.24) is 13.7 Å². The van der Waals surface area contributed by atoms with Crippen LogP contribution < -0.4 is 26.2 Å². The number of aromatic nitrogens is 3. The molecule has 0 N–H and O–H groups in total. The van der Waals surface area contributed by atoms with Crippen molar-refractivity contribution in [1.29, 1.82) is 0 Å². The van der Waals surface area contributed by atoms with E-state index in [0.29, 0.717) is 83.8 Å². The summed E-state index contributed by atoms with van der Waals surface area (Å²) in [6.45, 7) is 11.1. The molecule has 0 bridgehead atoms.